The van der Waals surface area contributed by atoms with Crippen LogP contribution in [-0.2, 0) is 16.6 Å². The van der Waals surface area contributed by atoms with Crippen LogP contribution < -0.4 is 0 Å². The topological polar surface area (TPSA) is 78.2 Å². The van der Waals surface area contributed by atoms with E-state index in [9.17, 15) is 14.9 Å². The number of rotatable bonds is 4. The van der Waals surface area contributed by atoms with Gasteiger partial charge in [-0.1, -0.05) is 19.9 Å². The van der Waals surface area contributed by atoms with Gasteiger partial charge in [0.25, 0.3) is 0 Å². The van der Waals surface area contributed by atoms with Crippen LogP contribution in [0.5, 0.6) is 0 Å². The predicted octanol–water partition coefficient (Wildman–Crippen LogP) is 4.61. The summed E-state index contributed by atoms with van der Waals surface area (Å²) in [5.74, 6) is -0.273. The maximum atomic E-state index is 13.3. The molecule has 0 heterocycles. The van der Waals surface area contributed by atoms with E-state index in [0.29, 0.717) is 23.3 Å². The van der Waals surface area contributed by atoms with Crippen molar-refractivity contribution < 1.29 is 14.7 Å². The lowest BCUT2D eigenvalue weighted by atomic mass is 9.68. The summed E-state index contributed by atoms with van der Waals surface area (Å²) in [5.41, 5.74) is 5.86. The van der Waals surface area contributed by atoms with Crippen molar-refractivity contribution in [2.45, 2.75) is 37.0 Å². The molecule has 0 amide bonds. The third-order valence-corrected chi connectivity index (χ3v) is 6.64. The number of ketones is 1. The van der Waals surface area contributed by atoms with Crippen molar-refractivity contribution in [2.75, 3.05) is 5.75 Å². The van der Waals surface area contributed by atoms with Gasteiger partial charge in [0, 0.05) is 27.2 Å². The number of allylic oxidation sites excluding steroid dienone is 2. The van der Waals surface area contributed by atoms with Crippen molar-refractivity contribution >= 4 is 29.1 Å². The Hall–Kier alpha value is -2.84. The third-order valence-electron chi connectivity index (χ3n) is 5.65. The van der Waals surface area contributed by atoms with E-state index in [-0.39, 0.29) is 17.6 Å². The van der Waals surface area contributed by atoms with Crippen LogP contribution in [0.3, 0.4) is 0 Å². The Bertz CT molecular complexity index is 1110. The summed E-state index contributed by atoms with van der Waals surface area (Å²) in [6.45, 7) is 4.27. The minimum Gasteiger partial charge on any atom is -0.481 e. The van der Waals surface area contributed by atoms with E-state index in [1.165, 1.54) is 11.8 Å². The zero-order valence-electron chi connectivity index (χ0n) is 15.7. The lowest BCUT2D eigenvalue weighted by Gasteiger charge is -2.34. The molecule has 2 aliphatic rings. The number of nitriles is 1. The van der Waals surface area contributed by atoms with E-state index in [4.69, 9.17) is 5.11 Å². The van der Waals surface area contributed by atoms with Crippen LogP contribution in [0, 0.1) is 11.3 Å². The van der Waals surface area contributed by atoms with Crippen LogP contribution in [0.4, 0.5) is 0 Å². The summed E-state index contributed by atoms with van der Waals surface area (Å²) in [5, 5.41) is 18.0. The average Bonchev–Trinajstić information content (AvgIpc) is 3.06. The Labute approximate surface area is 167 Å². The summed E-state index contributed by atoms with van der Waals surface area (Å²) >= 11 is 1.50. The Kier molecular flexibility index (Phi) is 4.40. The molecule has 0 radical (unpaired) electrons. The number of aliphatic carboxylic acids is 1. The number of carbonyl (C=O) groups excluding carboxylic acids is 1. The summed E-state index contributed by atoms with van der Waals surface area (Å²) in [7, 11) is 0. The van der Waals surface area contributed by atoms with Gasteiger partial charge in [-0.25, -0.2) is 0 Å². The van der Waals surface area contributed by atoms with Crippen molar-refractivity contribution in [3.8, 4) is 6.07 Å². The zero-order chi connectivity index (χ0) is 20.1. The van der Waals surface area contributed by atoms with Gasteiger partial charge in [0.15, 0.2) is 5.78 Å². The number of benzene rings is 2. The molecule has 1 N–H and O–H groups in total. The first kappa shape index (κ1) is 18.5. The quantitative estimate of drug-likeness (QED) is 0.773. The summed E-state index contributed by atoms with van der Waals surface area (Å²) in [6, 6.07) is 13.5. The van der Waals surface area contributed by atoms with E-state index < -0.39 is 5.97 Å². The second kappa shape index (κ2) is 6.65. The van der Waals surface area contributed by atoms with Crippen LogP contribution in [0.1, 0.15) is 52.9 Å². The van der Waals surface area contributed by atoms with Crippen LogP contribution in [0.2, 0.25) is 0 Å². The van der Waals surface area contributed by atoms with E-state index in [2.05, 4.69) is 19.9 Å². The largest absolute Gasteiger partial charge is 0.481 e. The fourth-order valence-corrected chi connectivity index (χ4v) is 5.05. The fourth-order valence-electron chi connectivity index (χ4n) is 4.17. The second-order valence-electron chi connectivity index (χ2n) is 7.67. The van der Waals surface area contributed by atoms with Crippen molar-refractivity contribution in [3.63, 3.8) is 0 Å². The van der Waals surface area contributed by atoms with Crippen molar-refractivity contribution in [2.24, 2.45) is 0 Å². The van der Waals surface area contributed by atoms with Crippen LogP contribution in [0.15, 0.2) is 46.9 Å². The molecule has 0 fully saturated rings. The molecule has 0 spiro atoms. The first-order valence-corrected chi connectivity index (χ1v) is 10.1. The molecule has 2 aromatic rings. The van der Waals surface area contributed by atoms with E-state index in [0.717, 1.165) is 32.7 Å². The van der Waals surface area contributed by atoms with Crippen LogP contribution in [-0.4, -0.2) is 22.6 Å². The number of nitrogens with zero attached hydrogens (tertiary/aromatic N) is 1. The Balaban J connectivity index is 1.74. The molecule has 2 aromatic carbocycles. The third kappa shape index (κ3) is 2.85. The molecule has 2 aliphatic carbocycles. The SMILES string of the molecule is CC1(C)C2=C(C(=O)c3ccc(SCCC(=O)O)cc31)c1ccc(C#N)cc1C2. The van der Waals surface area contributed by atoms with E-state index in [1.807, 2.05) is 30.3 Å². The monoisotopic (exact) mass is 389 g/mol. The number of carboxylic acid groups (broad SMARTS) is 1. The van der Waals surface area contributed by atoms with Gasteiger partial charge in [-0.2, -0.15) is 5.26 Å². The molecule has 0 saturated carbocycles. The molecule has 140 valence electrons. The smallest absolute Gasteiger partial charge is 0.304 e. The maximum absolute atomic E-state index is 13.3. The Morgan fingerprint density at radius 2 is 1.96 bits per heavy atom. The highest BCUT2D eigenvalue weighted by Crippen LogP contribution is 2.50. The molecule has 0 saturated heterocycles. The molecule has 4 rings (SSSR count). The number of Topliss-reactive ketones (excluding diaryl/α,β-unsaturated/α-hetero) is 1. The number of fused-ring (bicyclic) bond motifs is 3. The van der Waals surface area contributed by atoms with Gasteiger partial charge >= 0.3 is 5.97 Å². The number of carboxylic acids is 1. The van der Waals surface area contributed by atoms with Crippen molar-refractivity contribution in [1.29, 1.82) is 5.26 Å². The molecule has 0 unspecified atom stereocenters. The zero-order valence-corrected chi connectivity index (χ0v) is 16.5. The number of hydrogen-bond donors (Lipinski definition) is 1. The van der Waals surface area contributed by atoms with Gasteiger partial charge in [-0.05, 0) is 59.0 Å². The van der Waals surface area contributed by atoms with Gasteiger partial charge in [0.1, 0.15) is 0 Å². The van der Waals surface area contributed by atoms with Crippen LogP contribution in [0.25, 0.3) is 5.57 Å². The number of carbonyl (C=O) groups is 2. The second-order valence-corrected chi connectivity index (χ2v) is 8.84. The standard InChI is InChI=1S/C23H19NO3S/c1-23(2)18-11-15(28-8-7-20(25)26)4-6-17(18)22(27)21-16-5-3-13(12-24)9-14(16)10-19(21)23/h3-6,9,11H,7-8,10H2,1-2H3,(H,25,26). The fraction of sp³-hybridized carbons (Fsp3) is 0.261. The molecule has 0 aliphatic heterocycles. The van der Waals surface area contributed by atoms with Crippen molar-refractivity contribution in [1.82, 2.24) is 0 Å². The van der Waals surface area contributed by atoms with Crippen LogP contribution >= 0.6 is 11.8 Å². The normalized spacial score (nSPS) is 16.2. The minimum atomic E-state index is -0.809. The van der Waals surface area contributed by atoms with Crippen molar-refractivity contribution in [3.05, 3.63) is 69.8 Å². The number of thioether (sulfide) groups is 1. The molecule has 0 atom stereocenters. The highest BCUT2D eigenvalue weighted by molar-refractivity contribution is 7.99. The first-order chi connectivity index (χ1) is 13.3. The lowest BCUT2D eigenvalue weighted by molar-refractivity contribution is -0.136. The molecular formula is C23H19NO3S. The molecule has 0 aromatic heterocycles. The first-order valence-electron chi connectivity index (χ1n) is 9.13. The Morgan fingerprint density at radius 1 is 1.21 bits per heavy atom. The molecule has 5 heteroatoms. The van der Waals surface area contributed by atoms with Gasteiger partial charge in [0.05, 0.1) is 18.1 Å². The number of hydrogen-bond acceptors (Lipinski definition) is 4. The summed E-state index contributed by atoms with van der Waals surface area (Å²) in [4.78, 5) is 25.1. The highest BCUT2D eigenvalue weighted by atomic mass is 32.2. The minimum absolute atomic E-state index is 0.0369. The van der Waals surface area contributed by atoms with Gasteiger partial charge in [-0.3, -0.25) is 9.59 Å². The molecule has 0 bridgehead atoms. The van der Waals surface area contributed by atoms with E-state index >= 15 is 0 Å². The van der Waals surface area contributed by atoms with Gasteiger partial charge in [-0.15, -0.1) is 11.8 Å². The Morgan fingerprint density at radius 3 is 2.68 bits per heavy atom. The maximum Gasteiger partial charge on any atom is 0.304 e. The summed E-state index contributed by atoms with van der Waals surface area (Å²) in [6.07, 6.45) is 0.782. The molecular weight excluding hydrogens is 370 g/mol. The lowest BCUT2D eigenvalue weighted by Crippen LogP contribution is -2.29. The molecule has 28 heavy (non-hydrogen) atoms. The highest BCUT2D eigenvalue weighted by Gasteiger charge is 2.42. The van der Waals surface area contributed by atoms with E-state index in [1.54, 1.807) is 6.07 Å². The van der Waals surface area contributed by atoms with Gasteiger partial charge < -0.3 is 5.11 Å². The van der Waals surface area contributed by atoms with Gasteiger partial charge in [0.2, 0.25) is 0 Å². The summed E-state index contributed by atoms with van der Waals surface area (Å²) < 4.78 is 0. The average molecular weight is 389 g/mol. The molecule has 4 nitrogen and oxygen atoms in total. The predicted molar refractivity (Wildman–Crippen MR) is 109 cm³/mol.